The maximum atomic E-state index is 3.64. The maximum absolute atomic E-state index is 3.64. The first kappa shape index (κ1) is 13.4. The minimum Gasteiger partial charge on any atom is -0.381 e. The van der Waals surface area contributed by atoms with Crippen LogP contribution in [-0.4, -0.2) is 30.6 Å². The fourth-order valence-corrected chi connectivity index (χ4v) is 2.68. The Bertz CT molecular complexity index is 361. The van der Waals surface area contributed by atoms with Crippen LogP contribution in [0.3, 0.4) is 0 Å². The zero-order chi connectivity index (χ0) is 13.1. The molecule has 3 unspecified atom stereocenters. The molecule has 1 aliphatic rings. The third kappa shape index (κ3) is 3.05. The van der Waals surface area contributed by atoms with Crippen LogP contribution < -0.4 is 5.32 Å². The maximum Gasteiger partial charge on any atom is 0.0403 e. The summed E-state index contributed by atoms with van der Waals surface area (Å²) in [6.07, 6.45) is 2.45. The summed E-state index contributed by atoms with van der Waals surface area (Å²) in [5.41, 5.74) is 2.70. The first-order chi connectivity index (χ1) is 8.60. The van der Waals surface area contributed by atoms with Gasteiger partial charge in [-0.15, -0.1) is 0 Å². The van der Waals surface area contributed by atoms with E-state index < -0.39 is 0 Å². The molecule has 1 aromatic carbocycles. The number of nitrogens with one attached hydrogen (secondary N) is 1. The predicted octanol–water partition coefficient (Wildman–Crippen LogP) is 3.70. The van der Waals surface area contributed by atoms with E-state index in [0.717, 1.165) is 6.54 Å². The van der Waals surface area contributed by atoms with Crippen molar-refractivity contribution in [3.05, 3.63) is 29.8 Å². The van der Waals surface area contributed by atoms with Crippen LogP contribution in [0.1, 0.15) is 45.1 Å². The Balaban J connectivity index is 1.94. The lowest BCUT2D eigenvalue weighted by Crippen LogP contribution is -2.24. The quantitative estimate of drug-likeness (QED) is 0.871. The van der Waals surface area contributed by atoms with Crippen LogP contribution in [-0.2, 0) is 0 Å². The highest BCUT2D eigenvalue weighted by molar-refractivity contribution is 5.46. The molecule has 0 bridgehead atoms. The number of rotatable bonds is 4. The van der Waals surface area contributed by atoms with Gasteiger partial charge in [0, 0.05) is 24.3 Å². The lowest BCUT2D eigenvalue weighted by atomic mass is 9.98. The minimum atomic E-state index is 0.597. The zero-order valence-corrected chi connectivity index (χ0v) is 12.1. The molecule has 18 heavy (non-hydrogen) atoms. The number of hydrogen-bond donors (Lipinski definition) is 1. The van der Waals surface area contributed by atoms with Gasteiger partial charge in [-0.05, 0) is 50.4 Å². The highest BCUT2D eigenvalue weighted by Crippen LogP contribution is 2.23. The van der Waals surface area contributed by atoms with Crippen molar-refractivity contribution in [2.75, 3.05) is 18.9 Å². The topological polar surface area (TPSA) is 15.3 Å². The van der Waals surface area contributed by atoms with E-state index in [-0.39, 0.29) is 0 Å². The van der Waals surface area contributed by atoms with Crippen molar-refractivity contribution >= 4 is 5.69 Å². The van der Waals surface area contributed by atoms with E-state index in [1.807, 2.05) is 0 Å². The van der Waals surface area contributed by atoms with Crippen molar-refractivity contribution < 1.29 is 0 Å². The molecule has 3 atom stereocenters. The van der Waals surface area contributed by atoms with Crippen LogP contribution in [0.4, 0.5) is 5.69 Å². The smallest absolute Gasteiger partial charge is 0.0403 e. The molecule has 1 N–H and O–H groups in total. The van der Waals surface area contributed by atoms with Crippen molar-refractivity contribution in [3.63, 3.8) is 0 Å². The van der Waals surface area contributed by atoms with Crippen LogP contribution in [0, 0.1) is 0 Å². The van der Waals surface area contributed by atoms with Gasteiger partial charge in [-0.2, -0.15) is 0 Å². The fourth-order valence-electron chi connectivity index (χ4n) is 2.68. The van der Waals surface area contributed by atoms with E-state index in [0.29, 0.717) is 18.0 Å². The van der Waals surface area contributed by atoms with E-state index in [1.165, 1.54) is 24.1 Å². The van der Waals surface area contributed by atoms with Crippen molar-refractivity contribution in [2.45, 2.75) is 51.6 Å². The predicted molar refractivity (Wildman–Crippen MR) is 79.3 cm³/mol. The molecule has 100 valence electrons. The Morgan fingerprint density at radius 2 is 2.00 bits per heavy atom. The normalized spacial score (nSPS) is 26.2. The lowest BCUT2D eigenvalue weighted by molar-refractivity contribution is 0.330. The van der Waals surface area contributed by atoms with Gasteiger partial charge < -0.3 is 10.2 Å². The summed E-state index contributed by atoms with van der Waals surface area (Å²) in [6, 6.07) is 10.3. The molecule has 2 nitrogen and oxygen atoms in total. The van der Waals surface area contributed by atoms with Gasteiger partial charge in [-0.25, -0.2) is 0 Å². The third-order valence-electron chi connectivity index (χ3n) is 4.35. The van der Waals surface area contributed by atoms with Crippen LogP contribution in [0.2, 0.25) is 0 Å². The second-order valence-electron chi connectivity index (χ2n) is 5.80. The Hall–Kier alpha value is -1.02. The molecule has 1 saturated heterocycles. The van der Waals surface area contributed by atoms with Crippen molar-refractivity contribution in [2.24, 2.45) is 0 Å². The van der Waals surface area contributed by atoms with Crippen molar-refractivity contribution in [1.82, 2.24) is 4.90 Å². The van der Waals surface area contributed by atoms with E-state index in [1.54, 1.807) is 0 Å². The summed E-state index contributed by atoms with van der Waals surface area (Å²) < 4.78 is 0. The number of likely N-dealkylation sites (N-methyl/N-ethyl adjacent to an activating group) is 1. The lowest BCUT2D eigenvalue weighted by Gasteiger charge is -2.15. The summed E-state index contributed by atoms with van der Waals surface area (Å²) in [6.45, 7) is 7.98. The Morgan fingerprint density at radius 1 is 1.33 bits per heavy atom. The zero-order valence-electron chi connectivity index (χ0n) is 12.1. The second kappa shape index (κ2) is 5.75. The Morgan fingerprint density at radius 3 is 2.50 bits per heavy atom. The van der Waals surface area contributed by atoms with Crippen LogP contribution in [0.5, 0.6) is 0 Å². The van der Waals surface area contributed by atoms with E-state index >= 15 is 0 Å². The van der Waals surface area contributed by atoms with Crippen LogP contribution in [0.25, 0.3) is 0 Å². The van der Waals surface area contributed by atoms with E-state index in [2.05, 4.69) is 62.3 Å². The molecule has 2 rings (SSSR count). The highest BCUT2D eigenvalue weighted by atomic mass is 15.2. The van der Waals surface area contributed by atoms with Crippen molar-refractivity contribution in [1.29, 1.82) is 0 Å². The van der Waals surface area contributed by atoms with Crippen LogP contribution in [0.15, 0.2) is 24.3 Å². The number of benzene rings is 1. The average Bonchev–Trinajstić information content (AvgIpc) is 2.68. The van der Waals surface area contributed by atoms with Gasteiger partial charge in [0.25, 0.3) is 0 Å². The molecule has 2 heteroatoms. The summed E-state index contributed by atoms with van der Waals surface area (Å²) in [4.78, 5) is 2.42. The Labute approximate surface area is 111 Å². The molecule has 0 saturated carbocycles. The molecule has 1 fully saturated rings. The first-order valence-corrected chi connectivity index (χ1v) is 7.17. The summed E-state index contributed by atoms with van der Waals surface area (Å²) in [5.74, 6) is 0.664. The van der Waals surface area contributed by atoms with Gasteiger partial charge in [0.05, 0.1) is 0 Å². The van der Waals surface area contributed by atoms with Gasteiger partial charge in [0.15, 0.2) is 0 Å². The number of nitrogens with zero attached hydrogens (tertiary/aromatic N) is 1. The van der Waals surface area contributed by atoms with Gasteiger partial charge in [-0.1, -0.05) is 26.0 Å². The number of likely N-dealkylation sites (tertiary alicyclic amines) is 1. The van der Waals surface area contributed by atoms with Gasteiger partial charge in [0.2, 0.25) is 0 Å². The monoisotopic (exact) mass is 246 g/mol. The molecule has 0 radical (unpaired) electrons. The molecule has 1 aromatic rings. The molecular weight excluding hydrogens is 220 g/mol. The largest absolute Gasteiger partial charge is 0.381 e. The third-order valence-corrected chi connectivity index (χ3v) is 4.35. The average molecular weight is 246 g/mol. The molecule has 0 aromatic heterocycles. The van der Waals surface area contributed by atoms with E-state index in [4.69, 9.17) is 0 Å². The number of anilines is 1. The van der Waals surface area contributed by atoms with Gasteiger partial charge >= 0.3 is 0 Å². The number of hydrogen-bond acceptors (Lipinski definition) is 2. The first-order valence-electron chi connectivity index (χ1n) is 7.17. The molecule has 1 aliphatic heterocycles. The highest BCUT2D eigenvalue weighted by Gasteiger charge is 2.25. The SMILES string of the molecule is CCC(C)c1ccc(NC2CC(C)N(C)C2)cc1. The van der Waals surface area contributed by atoms with Crippen molar-refractivity contribution in [3.8, 4) is 0 Å². The summed E-state index contributed by atoms with van der Waals surface area (Å²) in [7, 11) is 2.21. The standard InChI is InChI=1S/C16H26N2/c1-5-12(2)14-6-8-15(9-7-14)17-16-10-13(3)18(4)11-16/h6-9,12-13,16-17H,5,10-11H2,1-4H3. The fraction of sp³-hybridized carbons (Fsp3) is 0.625. The molecule has 0 amide bonds. The molecule has 0 spiro atoms. The molecule has 1 heterocycles. The molecule has 0 aliphatic carbocycles. The second-order valence-corrected chi connectivity index (χ2v) is 5.80. The minimum absolute atomic E-state index is 0.597. The van der Waals surface area contributed by atoms with Gasteiger partial charge in [0.1, 0.15) is 0 Å². The van der Waals surface area contributed by atoms with Gasteiger partial charge in [-0.3, -0.25) is 0 Å². The van der Waals surface area contributed by atoms with Crippen LogP contribution >= 0.6 is 0 Å². The van der Waals surface area contributed by atoms with E-state index in [9.17, 15) is 0 Å². The summed E-state index contributed by atoms with van der Waals surface area (Å²) in [5, 5.41) is 3.64. The molecular formula is C16H26N2. The summed E-state index contributed by atoms with van der Waals surface area (Å²) >= 11 is 0. The Kier molecular flexibility index (Phi) is 4.28.